The van der Waals surface area contributed by atoms with Crippen molar-refractivity contribution in [2.24, 2.45) is 0 Å². The molecule has 1 aliphatic rings. The molecule has 0 saturated carbocycles. The quantitative estimate of drug-likeness (QED) is 0.888. The fourth-order valence-electron chi connectivity index (χ4n) is 2.81. The number of hydrogen-bond donors (Lipinski definition) is 1. The number of rotatable bonds is 2. The van der Waals surface area contributed by atoms with E-state index in [4.69, 9.17) is 4.74 Å². The minimum Gasteiger partial charge on any atom is -0.487 e. The predicted octanol–water partition coefficient (Wildman–Crippen LogP) is 3.50. The average Bonchev–Trinajstić information content (AvgIpc) is 2.39. The van der Waals surface area contributed by atoms with E-state index in [1.165, 1.54) is 5.56 Å². The van der Waals surface area contributed by atoms with Crippen LogP contribution in [0, 0.1) is 0 Å². The van der Waals surface area contributed by atoms with Crippen molar-refractivity contribution in [1.82, 2.24) is 0 Å². The van der Waals surface area contributed by atoms with E-state index in [1.807, 2.05) is 42.5 Å². The van der Waals surface area contributed by atoms with Gasteiger partial charge in [0.1, 0.15) is 11.4 Å². The number of ether oxygens (including phenoxy) is 1. The summed E-state index contributed by atoms with van der Waals surface area (Å²) < 4.78 is 6.13. The summed E-state index contributed by atoms with van der Waals surface area (Å²) >= 11 is 0. The van der Waals surface area contributed by atoms with Crippen LogP contribution in [0.4, 0.5) is 0 Å². The first kappa shape index (κ1) is 12.2. The van der Waals surface area contributed by atoms with Crippen molar-refractivity contribution in [3.63, 3.8) is 0 Å². The Bertz CT molecular complexity index is 564. The van der Waals surface area contributed by atoms with Crippen molar-refractivity contribution in [3.8, 4) is 5.75 Å². The highest BCUT2D eigenvalue weighted by molar-refractivity contribution is 5.38. The van der Waals surface area contributed by atoms with Crippen molar-refractivity contribution < 1.29 is 9.84 Å². The topological polar surface area (TPSA) is 29.5 Å². The highest BCUT2D eigenvalue weighted by atomic mass is 16.5. The summed E-state index contributed by atoms with van der Waals surface area (Å²) in [5, 5.41) is 10.3. The Morgan fingerprint density at radius 3 is 2.58 bits per heavy atom. The van der Waals surface area contributed by atoms with Crippen molar-refractivity contribution in [2.75, 3.05) is 0 Å². The number of fused-ring (bicyclic) bond motifs is 1. The molecular formula is C17H18O2. The van der Waals surface area contributed by atoms with Crippen molar-refractivity contribution in [3.05, 3.63) is 65.7 Å². The van der Waals surface area contributed by atoms with Gasteiger partial charge in [-0.15, -0.1) is 0 Å². The molecule has 1 N–H and O–H groups in total. The number of aliphatic hydroxyl groups is 1. The summed E-state index contributed by atoms with van der Waals surface area (Å²) in [6, 6.07) is 18.0. The lowest BCUT2D eigenvalue weighted by Crippen LogP contribution is -2.40. The monoisotopic (exact) mass is 254 g/mol. The van der Waals surface area contributed by atoms with Crippen LogP contribution in [0.5, 0.6) is 5.75 Å². The van der Waals surface area contributed by atoms with Crippen LogP contribution in [0.15, 0.2) is 54.6 Å². The summed E-state index contributed by atoms with van der Waals surface area (Å²) in [4.78, 5) is 0. The van der Waals surface area contributed by atoms with E-state index in [0.29, 0.717) is 6.42 Å². The van der Waals surface area contributed by atoms with Crippen LogP contribution >= 0.6 is 0 Å². The molecule has 0 saturated heterocycles. The van der Waals surface area contributed by atoms with Gasteiger partial charge in [0, 0.05) is 18.4 Å². The van der Waals surface area contributed by atoms with Gasteiger partial charge >= 0.3 is 0 Å². The second-order valence-electron chi connectivity index (χ2n) is 5.47. The Kier molecular flexibility index (Phi) is 3.03. The maximum atomic E-state index is 10.3. The lowest BCUT2D eigenvalue weighted by molar-refractivity contribution is -0.00100. The van der Waals surface area contributed by atoms with Crippen molar-refractivity contribution in [1.29, 1.82) is 0 Å². The number of hydrogen-bond acceptors (Lipinski definition) is 2. The summed E-state index contributed by atoms with van der Waals surface area (Å²) in [7, 11) is 0. The molecule has 2 nitrogen and oxygen atoms in total. The van der Waals surface area contributed by atoms with Gasteiger partial charge in [-0.1, -0.05) is 48.5 Å². The van der Waals surface area contributed by atoms with Gasteiger partial charge in [-0.2, -0.15) is 0 Å². The summed E-state index contributed by atoms with van der Waals surface area (Å²) in [6.07, 6.45) is 0.983. The smallest absolute Gasteiger partial charge is 0.125 e. The van der Waals surface area contributed by atoms with Crippen LogP contribution in [-0.2, 0) is 6.42 Å². The van der Waals surface area contributed by atoms with Gasteiger partial charge in [-0.25, -0.2) is 0 Å². The van der Waals surface area contributed by atoms with E-state index in [9.17, 15) is 5.11 Å². The summed E-state index contributed by atoms with van der Waals surface area (Å²) in [6.45, 7) is 2.07. The van der Waals surface area contributed by atoms with Crippen LogP contribution in [0.1, 0.15) is 30.6 Å². The Morgan fingerprint density at radius 1 is 1.11 bits per heavy atom. The van der Waals surface area contributed by atoms with Crippen LogP contribution in [0.25, 0.3) is 0 Å². The molecule has 3 rings (SSSR count). The molecule has 0 bridgehead atoms. The minimum atomic E-state index is -0.446. The molecule has 2 aromatic carbocycles. The molecule has 1 aliphatic heterocycles. The number of benzene rings is 2. The summed E-state index contributed by atoms with van der Waals surface area (Å²) in [5.74, 6) is 0.805. The highest BCUT2D eigenvalue weighted by Crippen LogP contribution is 2.40. The molecule has 0 fully saturated rings. The molecule has 0 radical (unpaired) electrons. The first-order chi connectivity index (χ1) is 9.16. The molecule has 2 aromatic rings. The fourth-order valence-corrected chi connectivity index (χ4v) is 2.81. The van der Waals surface area contributed by atoms with E-state index in [-0.39, 0.29) is 5.60 Å². The Hall–Kier alpha value is -1.80. The molecule has 98 valence electrons. The van der Waals surface area contributed by atoms with Gasteiger partial charge in [-0.05, 0) is 18.6 Å². The molecule has 0 spiro atoms. The van der Waals surface area contributed by atoms with E-state index in [2.05, 4.69) is 19.1 Å². The Balaban J connectivity index is 1.87. The predicted molar refractivity (Wildman–Crippen MR) is 75.2 cm³/mol. The van der Waals surface area contributed by atoms with Crippen molar-refractivity contribution in [2.45, 2.75) is 31.5 Å². The molecular weight excluding hydrogens is 236 g/mol. The third-order valence-electron chi connectivity index (χ3n) is 3.68. The zero-order valence-electron chi connectivity index (χ0n) is 11.0. The van der Waals surface area contributed by atoms with Crippen LogP contribution < -0.4 is 4.74 Å². The number of aliphatic hydroxyl groups excluding tert-OH is 1. The second-order valence-corrected chi connectivity index (χ2v) is 5.47. The average molecular weight is 254 g/mol. The molecule has 1 heterocycles. The molecule has 0 amide bonds. The Labute approximate surface area is 113 Å². The third kappa shape index (κ3) is 2.49. The standard InChI is InChI=1S/C17H18O2/c1-17(11-13-7-3-2-4-8-13)12-15(18)14-9-5-6-10-16(14)19-17/h2-10,15,18H,11-12H2,1H3. The molecule has 0 aromatic heterocycles. The summed E-state index contributed by atoms with van der Waals surface area (Å²) in [5.41, 5.74) is 1.78. The second kappa shape index (κ2) is 4.71. The van der Waals surface area contributed by atoms with Crippen LogP contribution in [-0.4, -0.2) is 10.7 Å². The minimum absolute atomic E-state index is 0.352. The molecule has 19 heavy (non-hydrogen) atoms. The first-order valence-corrected chi connectivity index (χ1v) is 6.66. The van der Waals surface area contributed by atoms with Crippen LogP contribution in [0.2, 0.25) is 0 Å². The Morgan fingerprint density at radius 2 is 1.79 bits per heavy atom. The van der Waals surface area contributed by atoms with Gasteiger partial charge in [0.05, 0.1) is 6.10 Å². The van der Waals surface area contributed by atoms with E-state index >= 15 is 0 Å². The first-order valence-electron chi connectivity index (χ1n) is 6.66. The van der Waals surface area contributed by atoms with E-state index in [0.717, 1.165) is 17.7 Å². The lowest BCUT2D eigenvalue weighted by atomic mass is 9.85. The van der Waals surface area contributed by atoms with Gasteiger partial charge in [0.15, 0.2) is 0 Å². The lowest BCUT2D eigenvalue weighted by Gasteiger charge is -2.38. The fraction of sp³-hybridized carbons (Fsp3) is 0.294. The zero-order valence-corrected chi connectivity index (χ0v) is 11.0. The van der Waals surface area contributed by atoms with Crippen LogP contribution in [0.3, 0.4) is 0 Å². The molecule has 2 unspecified atom stereocenters. The largest absolute Gasteiger partial charge is 0.487 e. The zero-order chi connectivity index (χ0) is 13.3. The normalized spacial score (nSPS) is 25.5. The maximum absolute atomic E-state index is 10.3. The SMILES string of the molecule is CC1(Cc2ccccc2)CC(O)c2ccccc2O1. The third-order valence-corrected chi connectivity index (χ3v) is 3.68. The van der Waals surface area contributed by atoms with Gasteiger partial charge in [-0.3, -0.25) is 0 Å². The number of para-hydroxylation sites is 1. The highest BCUT2D eigenvalue weighted by Gasteiger charge is 2.36. The molecule has 2 atom stereocenters. The maximum Gasteiger partial charge on any atom is 0.125 e. The van der Waals surface area contributed by atoms with Gasteiger partial charge in [0.25, 0.3) is 0 Å². The molecule has 2 heteroatoms. The van der Waals surface area contributed by atoms with Gasteiger partial charge < -0.3 is 9.84 Å². The van der Waals surface area contributed by atoms with E-state index in [1.54, 1.807) is 0 Å². The van der Waals surface area contributed by atoms with Gasteiger partial charge in [0.2, 0.25) is 0 Å². The van der Waals surface area contributed by atoms with E-state index < -0.39 is 6.10 Å². The molecule has 0 aliphatic carbocycles. The van der Waals surface area contributed by atoms with Crippen molar-refractivity contribution >= 4 is 0 Å².